The van der Waals surface area contributed by atoms with Crippen LogP contribution in [0.5, 0.6) is 0 Å². The van der Waals surface area contributed by atoms with Gasteiger partial charge in [-0.2, -0.15) is 5.26 Å². The van der Waals surface area contributed by atoms with E-state index in [4.69, 9.17) is 10.00 Å². The summed E-state index contributed by atoms with van der Waals surface area (Å²) < 4.78 is 5.32. The fourth-order valence-corrected chi connectivity index (χ4v) is 2.26. The molecule has 1 saturated heterocycles. The molecule has 0 saturated carbocycles. The first-order valence-corrected chi connectivity index (χ1v) is 7.27. The first-order valence-electron chi connectivity index (χ1n) is 7.27. The van der Waals surface area contributed by atoms with E-state index >= 15 is 0 Å². The largest absolute Gasteiger partial charge is 0.460 e. The van der Waals surface area contributed by atoms with Crippen LogP contribution in [0.25, 0.3) is 0 Å². The van der Waals surface area contributed by atoms with E-state index in [9.17, 15) is 9.59 Å². The Morgan fingerprint density at radius 1 is 1.26 bits per heavy atom. The Kier molecular flexibility index (Phi) is 6.48. The normalized spacial score (nSPS) is 15.0. The number of benzene rings is 1. The molecular formula is C17H21BrN2O3. The van der Waals surface area contributed by atoms with Crippen LogP contribution in [0.3, 0.4) is 0 Å². The zero-order valence-electron chi connectivity index (χ0n) is 13.5. The summed E-state index contributed by atoms with van der Waals surface area (Å²) in [5.41, 5.74) is 0.640. The van der Waals surface area contributed by atoms with Crippen molar-refractivity contribution >= 4 is 28.7 Å². The van der Waals surface area contributed by atoms with Crippen molar-refractivity contribution in [3.05, 3.63) is 35.4 Å². The van der Waals surface area contributed by atoms with Crippen LogP contribution in [-0.2, 0) is 9.53 Å². The molecule has 1 aliphatic rings. The summed E-state index contributed by atoms with van der Waals surface area (Å²) in [7, 11) is 0. The molecule has 1 aliphatic heterocycles. The van der Waals surface area contributed by atoms with Crippen LogP contribution in [0, 0.1) is 17.2 Å². The minimum Gasteiger partial charge on any atom is -0.460 e. The highest BCUT2D eigenvalue weighted by Crippen LogP contribution is 2.20. The summed E-state index contributed by atoms with van der Waals surface area (Å²) in [5, 5.41) is 8.73. The Bertz CT molecular complexity index is 608. The average Bonchev–Trinajstić information content (AvgIpc) is 2.40. The van der Waals surface area contributed by atoms with Gasteiger partial charge in [-0.3, -0.25) is 14.5 Å². The van der Waals surface area contributed by atoms with Crippen LogP contribution >= 0.6 is 17.0 Å². The number of Topliss-reactive ketones (excluding diaryl/α,β-unsaturated/α-hetero) is 1. The van der Waals surface area contributed by atoms with Crippen LogP contribution < -0.4 is 0 Å². The maximum atomic E-state index is 12.1. The molecule has 0 N–H and O–H groups in total. The molecule has 1 fully saturated rings. The molecule has 0 aliphatic carbocycles. The first-order chi connectivity index (χ1) is 10.3. The number of carbonyl (C=O) groups excluding carboxylic acids is 2. The molecule has 0 atom stereocenters. The fraction of sp³-hybridized carbons (Fsp3) is 0.471. The maximum absolute atomic E-state index is 12.1. The molecule has 23 heavy (non-hydrogen) atoms. The number of carbonyl (C=O) groups is 2. The summed E-state index contributed by atoms with van der Waals surface area (Å²) in [6, 6.07) is 8.60. The summed E-state index contributed by atoms with van der Waals surface area (Å²) in [6.07, 6.45) is 0. The van der Waals surface area contributed by atoms with E-state index in [1.54, 1.807) is 24.3 Å². The third kappa shape index (κ3) is 5.45. The van der Waals surface area contributed by atoms with Gasteiger partial charge in [0.1, 0.15) is 5.60 Å². The zero-order chi connectivity index (χ0) is 16.3. The lowest BCUT2D eigenvalue weighted by molar-refractivity contribution is -0.165. The first kappa shape index (κ1) is 19.3. The number of ether oxygens (including phenoxy) is 1. The van der Waals surface area contributed by atoms with Gasteiger partial charge in [0.2, 0.25) is 0 Å². The fourth-order valence-electron chi connectivity index (χ4n) is 2.26. The van der Waals surface area contributed by atoms with Gasteiger partial charge >= 0.3 is 5.97 Å². The monoisotopic (exact) mass is 380 g/mol. The number of ketones is 1. The second-order valence-corrected chi connectivity index (χ2v) is 6.54. The summed E-state index contributed by atoms with van der Waals surface area (Å²) in [5.74, 6) is -0.352. The minimum absolute atomic E-state index is 0. The molecule has 0 unspecified atom stereocenters. The van der Waals surface area contributed by atoms with Crippen LogP contribution in [0.2, 0.25) is 0 Å². The minimum atomic E-state index is -0.476. The van der Waals surface area contributed by atoms with Crippen molar-refractivity contribution in [2.45, 2.75) is 26.4 Å². The Labute approximate surface area is 147 Å². The van der Waals surface area contributed by atoms with E-state index in [1.165, 1.54) is 0 Å². The van der Waals surface area contributed by atoms with Crippen molar-refractivity contribution in [1.29, 1.82) is 5.26 Å². The quantitative estimate of drug-likeness (QED) is 0.592. The molecule has 1 heterocycles. The van der Waals surface area contributed by atoms with Crippen molar-refractivity contribution in [1.82, 2.24) is 4.90 Å². The van der Waals surface area contributed by atoms with E-state index in [-0.39, 0.29) is 41.2 Å². The van der Waals surface area contributed by atoms with Gasteiger partial charge in [0.15, 0.2) is 5.78 Å². The summed E-state index contributed by atoms with van der Waals surface area (Å²) >= 11 is 0. The molecule has 1 aromatic carbocycles. The average molecular weight is 381 g/mol. The summed E-state index contributed by atoms with van der Waals surface area (Å²) in [4.78, 5) is 25.9. The van der Waals surface area contributed by atoms with Crippen molar-refractivity contribution in [3.8, 4) is 6.07 Å². The van der Waals surface area contributed by atoms with Crippen molar-refractivity contribution in [2.75, 3.05) is 19.6 Å². The van der Waals surface area contributed by atoms with Crippen molar-refractivity contribution in [3.63, 3.8) is 0 Å². The Morgan fingerprint density at radius 2 is 1.83 bits per heavy atom. The molecule has 0 radical (unpaired) electrons. The number of halogens is 1. The van der Waals surface area contributed by atoms with Crippen LogP contribution in [0.15, 0.2) is 24.3 Å². The number of rotatable bonds is 4. The van der Waals surface area contributed by atoms with Gasteiger partial charge in [-0.05, 0) is 32.9 Å². The van der Waals surface area contributed by atoms with Crippen molar-refractivity contribution in [2.24, 2.45) is 5.92 Å². The van der Waals surface area contributed by atoms with Crippen LogP contribution in [-0.4, -0.2) is 41.9 Å². The van der Waals surface area contributed by atoms with E-state index in [0.29, 0.717) is 24.2 Å². The van der Waals surface area contributed by atoms with Gasteiger partial charge in [-0.15, -0.1) is 17.0 Å². The third-order valence-corrected chi connectivity index (χ3v) is 3.40. The Morgan fingerprint density at radius 3 is 2.30 bits per heavy atom. The molecule has 5 nitrogen and oxygen atoms in total. The molecule has 0 amide bonds. The van der Waals surface area contributed by atoms with Crippen LogP contribution in [0.4, 0.5) is 0 Å². The maximum Gasteiger partial charge on any atom is 0.312 e. The van der Waals surface area contributed by atoms with Gasteiger partial charge in [-0.1, -0.05) is 12.1 Å². The second-order valence-electron chi connectivity index (χ2n) is 6.54. The Balaban J connectivity index is 0.00000264. The lowest BCUT2D eigenvalue weighted by Gasteiger charge is -2.38. The molecular weight excluding hydrogens is 360 g/mol. The van der Waals surface area contributed by atoms with Gasteiger partial charge in [0, 0.05) is 18.7 Å². The van der Waals surface area contributed by atoms with Gasteiger partial charge < -0.3 is 4.74 Å². The number of nitriles is 1. The molecule has 6 heteroatoms. The van der Waals surface area contributed by atoms with Crippen molar-refractivity contribution < 1.29 is 14.3 Å². The predicted octanol–water partition coefficient (Wildman–Crippen LogP) is 2.59. The van der Waals surface area contributed by atoms with Gasteiger partial charge in [-0.25, -0.2) is 0 Å². The van der Waals surface area contributed by atoms with Gasteiger partial charge in [0.05, 0.1) is 24.1 Å². The lowest BCUT2D eigenvalue weighted by Crippen LogP contribution is -2.53. The SMILES string of the molecule is Br.CC(C)(C)OC(=O)C1CN(CC(=O)c2ccc(C#N)cc2)C1. The summed E-state index contributed by atoms with van der Waals surface area (Å²) in [6.45, 7) is 6.92. The third-order valence-electron chi connectivity index (χ3n) is 3.40. The van der Waals surface area contributed by atoms with E-state index in [1.807, 2.05) is 31.7 Å². The topological polar surface area (TPSA) is 70.4 Å². The highest BCUT2D eigenvalue weighted by atomic mass is 79.9. The van der Waals surface area contributed by atoms with E-state index in [2.05, 4.69) is 0 Å². The highest BCUT2D eigenvalue weighted by Gasteiger charge is 2.36. The lowest BCUT2D eigenvalue weighted by atomic mass is 9.98. The molecule has 0 aromatic heterocycles. The number of hydrogen-bond donors (Lipinski definition) is 0. The smallest absolute Gasteiger partial charge is 0.312 e. The molecule has 2 rings (SSSR count). The number of nitrogens with zero attached hydrogens (tertiary/aromatic N) is 2. The standard InChI is InChI=1S/C17H20N2O3.BrH/c1-17(2,3)22-16(21)14-9-19(10-14)11-15(20)13-6-4-12(8-18)5-7-13;/h4-7,14H,9-11H2,1-3H3;1H. The van der Waals surface area contributed by atoms with Gasteiger partial charge in [0.25, 0.3) is 0 Å². The highest BCUT2D eigenvalue weighted by molar-refractivity contribution is 8.93. The zero-order valence-corrected chi connectivity index (χ0v) is 15.2. The molecule has 1 aromatic rings. The van der Waals surface area contributed by atoms with Crippen LogP contribution in [0.1, 0.15) is 36.7 Å². The number of hydrogen-bond acceptors (Lipinski definition) is 5. The number of likely N-dealkylation sites (tertiary alicyclic amines) is 1. The van der Waals surface area contributed by atoms with E-state index < -0.39 is 5.60 Å². The molecule has 0 bridgehead atoms. The second kappa shape index (κ2) is 7.71. The number of esters is 1. The van der Waals surface area contributed by atoms with E-state index in [0.717, 1.165) is 0 Å². The molecule has 0 spiro atoms. The predicted molar refractivity (Wildman–Crippen MR) is 91.6 cm³/mol. The Hall–Kier alpha value is -1.71. The molecule has 124 valence electrons.